The number of hydrogen-bond donors (Lipinski definition) is 0. The van der Waals surface area contributed by atoms with E-state index >= 15 is 0 Å². The summed E-state index contributed by atoms with van der Waals surface area (Å²) >= 11 is 7.57. The maximum absolute atomic E-state index is 12.2. The van der Waals surface area contributed by atoms with Gasteiger partial charge >= 0.3 is 0 Å². The number of amidine groups is 1. The molecule has 0 saturated carbocycles. The van der Waals surface area contributed by atoms with Crippen molar-refractivity contribution in [2.45, 2.75) is 27.2 Å². The van der Waals surface area contributed by atoms with Gasteiger partial charge in [0.1, 0.15) is 17.3 Å². The van der Waals surface area contributed by atoms with Crippen LogP contribution in [0.25, 0.3) is 0 Å². The lowest BCUT2D eigenvalue weighted by Crippen LogP contribution is -2.19. The van der Waals surface area contributed by atoms with Crippen LogP contribution in [0.1, 0.15) is 41.8 Å². The summed E-state index contributed by atoms with van der Waals surface area (Å²) in [4.78, 5) is 22.5. The van der Waals surface area contributed by atoms with Crippen molar-refractivity contribution in [3.63, 3.8) is 0 Å². The largest absolute Gasteiger partial charge is 0.493 e. The second-order valence-corrected chi connectivity index (χ2v) is 8.00. The summed E-state index contributed by atoms with van der Waals surface area (Å²) in [5, 5.41) is 3.21. The summed E-state index contributed by atoms with van der Waals surface area (Å²) in [6, 6.07) is 5.58. The van der Waals surface area contributed by atoms with Gasteiger partial charge in [0.2, 0.25) is 0 Å². The molecular weight excluding hydrogens is 370 g/mol. The van der Waals surface area contributed by atoms with E-state index in [0.29, 0.717) is 35.5 Å². The highest BCUT2D eigenvalue weighted by Gasteiger charge is 2.14. The van der Waals surface area contributed by atoms with E-state index < -0.39 is 0 Å². The third-order valence-corrected chi connectivity index (χ3v) is 4.70. The summed E-state index contributed by atoms with van der Waals surface area (Å²) in [5.41, 5.74) is 1.32. The number of carbonyl (C=O) groups is 1. The highest BCUT2D eigenvalue weighted by atomic mass is 35.5. The zero-order valence-electron chi connectivity index (χ0n) is 15.7. The minimum Gasteiger partial charge on any atom is -0.493 e. The Morgan fingerprint density at radius 3 is 2.77 bits per heavy atom. The van der Waals surface area contributed by atoms with E-state index in [0.717, 1.165) is 16.3 Å². The van der Waals surface area contributed by atoms with Crippen molar-refractivity contribution < 1.29 is 9.53 Å². The van der Waals surface area contributed by atoms with Gasteiger partial charge in [-0.3, -0.25) is 4.79 Å². The van der Waals surface area contributed by atoms with Gasteiger partial charge in [-0.05, 0) is 31.0 Å². The van der Waals surface area contributed by atoms with Crippen molar-refractivity contribution in [1.82, 2.24) is 9.88 Å². The number of thiazole rings is 1. The topological polar surface area (TPSA) is 54.8 Å². The summed E-state index contributed by atoms with van der Waals surface area (Å²) in [7, 11) is 3.69. The maximum atomic E-state index is 12.2. The molecule has 1 aromatic heterocycles. The van der Waals surface area contributed by atoms with Crippen LogP contribution in [-0.4, -0.2) is 42.3 Å². The minimum atomic E-state index is -0.332. The lowest BCUT2D eigenvalue weighted by molar-refractivity contribution is 0.0997. The highest BCUT2D eigenvalue weighted by molar-refractivity contribution is 7.09. The van der Waals surface area contributed by atoms with E-state index in [9.17, 15) is 4.79 Å². The molecule has 0 saturated heterocycles. The fourth-order valence-corrected chi connectivity index (χ4v) is 3.03. The fourth-order valence-electron chi connectivity index (χ4n) is 2.04. The number of benzene rings is 1. The Bertz CT molecular complexity index is 800. The first kappa shape index (κ1) is 20.4. The summed E-state index contributed by atoms with van der Waals surface area (Å²) in [6.45, 7) is 6.62. The Labute approximate surface area is 163 Å². The van der Waals surface area contributed by atoms with Gasteiger partial charge in [0.15, 0.2) is 0 Å². The molecule has 0 atom stereocenters. The third-order valence-electron chi connectivity index (χ3n) is 3.62. The molecule has 0 fully saturated rings. The number of hydrogen-bond acceptors (Lipinski definition) is 4. The predicted molar refractivity (Wildman–Crippen MR) is 108 cm³/mol. The number of halogens is 1. The molecule has 1 amide bonds. The fraction of sp³-hybridized carbons (Fsp3) is 0.421. The average molecular weight is 394 g/mol. The number of aromatic nitrogens is 1. The Morgan fingerprint density at radius 1 is 1.38 bits per heavy atom. The molecule has 0 N–H and O–H groups in total. The summed E-state index contributed by atoms with van der Waals surface area (Å²) in [5.74, 6) is 1.54. The number of amides is 1. The van der Waals surface area contributed by atoms with Gasteiger partial charge in [-0.1, -0.05) is 25.4 Å². The molecule has 26 heavy (non-hydrogen) atoms. The average Bonchev–Trinajstić information content (AvgIpc) is 3.02. The van der Waals surface area contributed by atoms with E-state index in [4.69, 9.17) is 16.3 Å². The van der Waals surface area contributed by atoms with Crippen LogP contribution in [0.15, 0.2) is 28.6 Å². The van der Waals surface area contributed by atoms with Crippen molar-refractivity contribution in [3.05, 3.63) is 44.9 Å². The number of rotatable bonds is 6. The normalized spacial score (nSPS) is 11.7. The molecule has 0 aliphatic carbocycles. The first-order valence-corrected chi connectivity index (χ1v) is 9.64. The quantitative estimate of drug-likeness (QED) is 0.534. The monoisotopic (exact) mass is 393 g/mol. The molecule has 1 heterocycles. The molecule has 2 aromatic rings. The van der Waals surface area contributed by atoms with Crippen LogP contribution in [0, 0.1) is 5.92 Å². The summed E-state index contributed by atoms with van der Waals surface area (Å²) < 4.78 is 5.88. The van der Waals surface area contributed by atoms with Gasteiger partial charge in [0, 0.05) is 36.5 Å². The Kier molecular flexibility index (Phi) is 7.17. The van der Waals surface area contributed by atoms with Crippen LogP contribution in [-0.2, 0) is 6.42 Å². The molecule has 1 aromatic carbocycles. The van der Waals surface area contributed by atoms with E-state index in [-0.39, 0.29) is 5.91 Å². The zero-order chi connectivity index (χ0) is 19.3. The first-order valence-electron chi connectivity index (χ1n) is 8.38. The predicted octanol–water partition coefficient (Wildman–Crippen LogP) is 4.54. The van der Waals surface area contributed by atoms with Crippen molar-refractivity contribution in [2.75, 3.05) is 20.7 Å². The van der Waals surface area contributed by atoms with Crippen molar-refractivity contribution in [3.8, 4) is 5.75 Å². The van der Waals surface area contributed by atoms with Gasteiger partial charge in [-0.15, -0.1) is 11.3 Å². The lowest BCUT2D eigenvalue weighted by atomic mass is 10.1. The van der Waals surface area contributed by atoms with E-state index in [1.54, 1.807) is 17.2 Å². The molecule has 140 valence electrons. The van der Waals surface area contributed by atoms with Crippen LogP contribution in [0.5, 0.6) is 5.75 Å². The van der Waals surface area contributed by atoms with Crippen LogP contribution in [0.2, 0.25) is 5.02 Å². The zero-order valence-corrected chi connectivity index (χ0v) is 17.3. The Morgan fingerprint density at radius 2 is 2.12 bits per heavy atom. The van der Waals surface area contributed by atoms with E-state index in [2.05, 4.69) is 23.8 Å². The molecule has 7 heteroatoms. The van der Waals surface area contributed by atoms with Crippen molar-refractivity contribution >= 4 is 34.7 Å². The smallest absolute Gasteiger partial charge is 0.298 e. The second-order valence-electron chi connectivity index (χ2n) is 6.62. The second kappa shape index (κ2) is 9.14. The van der Waals surface area contributed by atoms with Crippen LogP contribution < -0.4 is 4.74 Å². The van der Waals surface area contributed by atoms with Gasteiger partial charge in [0.05, 0.1) is 11.6 Å². The molecule has 0 radical (unpaired) electrons. The third kappa shape index (κ3) is 5.81. The molecule has 0 aliphatic rings. The van der Waals surface area contributed by atoms with Crippen molar-refractivity contribution in [2.24, 2.45) is 10.9 Å². The highest BCUT2D eigenvalue weighted by Crippen LogP contribution is 2.27. The standard InChI is InChI=1S/C19H24ClN3O2S/c1-12(2)10-25-17-7-6-15(20)8-14(17)9-18-22-16(11-26-18)19(24)21-13(3)23(4)5/h6-8,11-12H,9-10H2,1-5H3/b21-13+. The van der Waals surface area contributed by atoms with Gasteiger partial charge in [-0.25, -0.2) is 4.98 Å². The molecule has 0 unspecified atom stereocenters. The molecular formula is C19H24ClN3O2S. The molecule has 0 aliphatic heterocycles. The molecule has 0 spiro atoms. The number of nitrogens with zero attached hydrogens (tertiary/aromatic N) is 3. The van der Waals surface area contributed by atoms with Crippen LogP contribution >= 0.6 is 22.9 Å². The lowest BCUT2D eigenvalue weighted by Gasteiger charge is -2.13. The molecule has 5 nitrogen and oxygen atoms in total. The van der Waals surface area contributed by atoms with E-state index in [1.807, 2.05) is 32.3 Å². The maximum Gasteiger partial charge on any atom is 0.298 e. The number of aliphatic imine (C=N–C) groups is 1. The Balaban J connectivity index is 2.17. The van der Waals surface area contributed by atoms with Crippen LogP contribution in [0.4, 0.5) is 0 Å². The molecule has 2 rings (SSSR count). The van der Waals surface area contributed by atoms with E-state index in [1.165, 1.54) is 11.3 Å². The SMILES string of the molecule is C/C(=N\C(=O)c1csc(Cc2cc(Cl)ccc2OCC(C)C)n1)N(C)C. The van der Waals surface area contributed by atoms with Crippen LogP contribution in [0.3, 0.4) is 0 Å². The first-order chi connectivity index (χ1) is 12.3. The number of carbonyl (C=O) groups excluding carboxylic acids is 1. The van der Waals surface area contributed by atoms with Gasteiger partial charge in [0.25, 0.3) is 5.91 Å². The number of ether oxygens (including phenoxy) is 1. The van der Waals surface area contributed by atoms with Gasteiger partial charge in [-0.2, -0.15) is 4.99 Å². The van der Waals surface area contributed by atoms with Gasteiger partial charge < -0.3 is 9.64 Å². The minimum absolute atomic E-state index is 0.332. The van der Waals surface area contributed by atoms with Crippen molar-refractivity contribution in [1.29, 1.82) is 0 Å². The molecule has 0 bridgehead atoms. The Hall–Kier alpha value is -1.92. The summed E-state index contributed by atoms with van der Waals surface area (Å²) in [6.07, 6.45) is 0.558.